The van der Waals surface area contributed by atoms with E-state index in [2.05, 4.69) is 5.32 Å². The zero-order chi connectivity index (χ0) is 11.9. The molecule has 0 aliphatic heterocycles. The summed E-state index contributed by atoms with van der Waals surface area (Å²) in [4.78, 5) is 0. The van der Waals surface area contributed by atoms with Crippen molar-refractivity contribution in [3.63, 3.8) is 0 Å². The number of benzene rings is 2. The first-order chi connectivity index (χ1) is 8.36. The van der Waals surface area contributed by atoms with Crippen LogP contribution in [0.5, 0.6) is 5.75 Å². The Morgan fingerprint density at radius 3 is 2.41 bits per heavy atom. The molecule has 2 nitrogen and oxygen atoms in total. The van der Waals surface area contributed by atoms with Crippen LogP contribution >= 0.6 is 11.6 Å². The molecule has 0 atom stereocenters. The molecule has 0 heterocycles. The van der Waals surface area contributed by atoms with Gasteiger partial charge in [0.15, 0.2) is 0 Å². The average molecular weight is 248 g/mol. The van der Waals surface area contributed by atoms with Gasteiger partial charge in [-0.3, -0.25) is 0 Å². The quantitative estimate of drug-likeness (QED) is 0.811. The second-order valence-electron chi connectivity index (χ2n) is 3.57. The predicted octanol–water partition coefficient (Wildman–Crippen LogP) is 3.83. The Balaban J connectivity index is 1.76. The van der Waals surface area contributed by atoms with E-state index in [-0.39, 0.29) is 0 Å². The lowest BCUT2D eigenvalue weighted by Gasteiger charge is -2.09. The fourth-order valence-electron chi connectivity index (χ4n) is 1.48. The minimum absolute atomic E-state index is 0.606. The molecular weight excluding hydrogens is 234 g/mol. The van der Waals surface area contributed by atoms with E-state index in [1.807, 2.05) is 54.6 Å². The van der Waals surface area contributed by atoms with E-state index < -0.39 is 0 Å². The van der Waals surface area contributed by atoms with E-state index in [9.17, 15) is 0 Å². The lowest BCUT2D eigenvalue weighted by atomic mass is 10.3. The maximum absolute atomic E-state index is 6.02. The molecule has 0 aliphatic carbocycles. The molecule has 0 radical (unpaired) electrons. The number of hydrogen-bond donors (Lipinski definition) is 1. The van der Waals surface area contributed by atoms with Crippen molar-refractivity contribution < 1.29 is 4.74 Å². The highest BCUT2D eigenvalue weighted by Gasteiger charge is 1.97. The van der Waals surface area contributed by atoms with E-state index in [4.69, 9.17) is 16.3 Å². The zero-order valence-corrected chi connectivity index (χ0v) is 10.2. The Labute approximate surface area is 106 Å². The van der Waals surface area contributed by atoms with Gasteiger partial charge in [-0.1, -0.05) is 41.9 Å². The third-order valence-electron chi connectivity index (χ3n) is 2.30. The van der Waals surface area contributed by atoms with E-state index in [0.29, 0.717) is 6.61 Å². The number of nitrogens with one attached hydrogen (secondary N) is 1. The van der Waals surface area contributed by atoms with Gasteiger partial charge in [0.25, 0.3) is 0 Å². The van der Waals surface area contributed by atoms with Crippen molar-refractivity contribution in [1.82, 2.24) is 0 Å². The summed E-state index contributed by atoms with van der Waals surface area (Å²) < 4.78 is 5.56. The van der Waals surface area contributed by atoms with E-state index in [0.717, 1.165) is 23.0 Å². The van der Waals surface area contributed by atoms with Gasteiger partial charge in [-0.15, -0.1) is 0 Å². The molecular formula is C14H14ClNO. The highest BCUT2D eigenvalue weighted by molar-refractivity contribution is 6.33. The summed E-state index contributed by atoms with van der Waals surface area (Å²) >= 11 is 6.02. The monoisotopic (exact) mass is 247 g/mol. The number of halogens is 1. The average Bonchev–Trinajstić information content (AvgIpc) is 2.38. The van der Waals surface area contributed by atoms with Gasteiger partial charge >= 0.3 is 0 Å². The summed E-state index contributed by atoms with van der Waals surface area (Å²) in [5.41, 5.74) is 0.936. The van der Waals surface area contributed by atoms with Crippen molar-refractivity contribution in [1.29, 1.82) is 0 Å². The van der Waals surface area contributed by atoms with Gasteiger partial charge < -0.3 is 10.1 Å². The molecule has 88 valence electrons. The summed E-state index contributed by atoms with van der Waals surface area (Å²) in [6.07, 6.45) is 0. The Bertz CT molecular complexity index is 459. The largest absolute Gasteiger partial charge is 0.492 e. The van der Waals surface area contributed by atoms with Crippen molar-refractivity contribution in [2.45, 2.75) is 0 Å². The summed E-state index contributed by atoms with van der Waals surface area (Å²) in [6, 6.07) is 17.4. The molecule has 2 aromatic rings. The van der Waals surface area contributed by atoms with Crippen molar-refractivity contribution in [2.24, 2.45) is 0 Å². The number of ether oxygens (including phenoxy) is 1. The highest BCUT2D eigenvalue weighted by Crippen LogP contribution is 2.19. The number of anilines is 1. The lowest BCUT2D eigenvalue weighted by Crippen LogP contribution is -2.11. The molecule has 0 spiro atoms. The zero-order valence-electron chi connectivity index (χ0n) is 9.40. The molecule has 0 aliphatic rings. The van der Waals surface area contributed by atoms with Crippen molar-refractivity contribution in [3.8, 4) is 5.75 Å². The molecule has 17 heavy (non-hydrogen) atoms. The Hall–Kier alpha value is -1.67. The second-order valence-corrected chi connectivity index (χ2v) is 3.98. The topological polar surface area (TPSA) is 21.3 Å². The minimum atomic E-state index is 0.606. The van der Waals surface area contributed by atoms with Gasteiger partial charge in [0.05, 0.1) is 10.7 Å². The lowest BCUT2D eigenvalue weighted by molar-refractivity contribution is 0.333. The van der Waals surface area contributed by atoms with Gasteiger partial charge in [0.2, 0.25) is 0 Å². The number of hydrogen-bond acceptors (Lipinski definition) is 2. The van der Waals surface area contributed by atoms with Crippen LogP contribution in [0, 0.1) is 0 Å². The van der Waals surface area contributed by atoms with Gasteiger partial charge in [-0.2, -0.15) is 0 Å². The molecule has 1 N–H and O–H groups in total. The van der Waals surface area contributed by atoms with E-state index >= 15 is 0 Å². The first-order valence-electron chi connectivity index (χ1n) is 5.52. The minimum Gasteiger partial charge on any atom is -0.492 e. The molecule has 2 aromatic carbocycles. The van der Waals surface area contributed by atoms with Crippen LogP contribution in [0.25, 0.3) is 0 Å². The number of para-hydroxylation sites is 2. The van der Waals surface area contributed by atoms with Gasteiger partial charge in [-0.25, -0.2) is 0 Å². The van der Waals surface area contributed by atoms with Crippen LogP contribution in [0.2, 0.25) is 5.02 Å². The van der Waals surface area contributed by atoms with Crippen molar-refractivity contribution in [3.05, 3.63) is 59.6 Å². The molecule has 3 heteroatoms. The molecule has 0 amide bonds. The Morgan fingerprint density at radius 1 is 0.941 bits per heavy atom. The molecule has 0 saturated heterocycles. The maximum atomic E-state index is 6.02. The van der Waals surface area contributed by atoms with Crippen LogP contribution in [-0.2, 0) is 0 Å². The first-order valence-corrected chi connectivity index (χ1v) is 5.90. The van der Waals surface area contributed by atoms with E-state index in [1.165, 1.54) is 0 Å². The van der Waals surface area contributed by atoms with Crippen LogP contribution in [0.1, 0.15) is 0 Å². The van der Waals surface area contributed by atoms with Crippen molar-refractivity contribution in [2.75, 3.05) is 18.5 Å². The third kappa shape index (κ3) is 3.68. The molecule has 0 bridgehead atoms. The number of rotatable bonds is 5. The standard InChI is InChI=1S/C14H14ClNO/c15-13-8-4-5-9-14(13)16-10-11-17-12-6-2-1-3-7-12/h1-9,16H,10-11H2. The molecule has 0 fully saturated rings. The third-order valence-corrected chi connectivity index (χ3v) is 2.63. The molecule has 0 aromatic heterocycles. The van der Waals surface area contributed by atoms with Crippen molar-refractivity contribution >= 4 is 17.3 Å². The second kappa shape index (κ2) is 6.16. The molecule has 0 saturated carbocycles. The maximum Gasteiger partial charge on any atom is 0.119 e. The summed E-state index contributed by atoms with van der Waals surface area (Å²) in [7, 11) is 0. The summed E-state index contributed by atoms with van der Waals surface area (Å²) in [5, 5.41) is 3.96. The summed E-state index contributed by atoms with van der Waals surface area (Å²) in [5.74, 6) is 0.883. The fraction of sp³-hybridized carbons (Fsp3) is 0.143. The normalized spacial score (nSPS) is 9.94. The van der Waals surface area contributed by atoms with Gasteiger partial charge in [0.1, 0.15) is 12.4 Å². The SMILES string of the molecule is Clc1ccccc1NCCOc1ccccc1. The molecule has 0 unspecified atom stereocenters. The van der Waals surface area contributed by atoms with Crippen LogP contribution in [0.4, 0.5) is 5.69 Å². The Kier molecular flexibility index (Phi) is 4.28. The molecule has 2 rings (SSSR count). The fourth-order valence-corrected chi connectivity index (χ4v) is 1.68. The smallest absolute Gasteiger partial charge is 0.119 e. The van der Waals surface area contributed by atoms with Gasteiger partial charge in [-0.05, 0) is 24.3 Å². The van der Waals surface area contributed by atoms with Crippen LogP contribution in [-0.4, -0.2) is 13.2 Å². The van der Waals surface area contributed by atoms with Crippen LogP contribution in [0.3, 0.4) is 0 Å². The predicted molar refractivity (Wildman–Crippen MR) is 71.9 cm³/mol. The Morgan fingerprint density at radius 2 is 1.65 bits per heavy atom. The van der Waals surface area contributed by atoms with Gasteiger partial charge in [0, 0.05) is 6.54 Å². The van der Waals surface area contributed by atoms with Crippen LogP contribution in [0.15, 0.2) is 54.6 Å². The van der Waals surface area contributed by atoms with Crippen LogP contribution < -0.4 is 10.1 Å². The first kappa shape index (κ1) is 11.8. The highest BCUT2D eigenvalue weighted by atomic mass is 35.5. The summed E-state index contributed by atoms with van der Waals surface area (Å²) in [6.45, 7) is 1.33. The van der Waals surface area contributed by atoms with E-state index in [1.54, 1.807) is 0 Å².